The van der Waals surface area contributed by atoms with E-state index in [-0.39, 0.29) is 23.5 Å². The number of carbonyl (C=O) groups excluding carboxylic acids is 2. The van der Waals surface area contributed by atoms with Gasteiger partial charge >= 0.3 is 0 Å². The van der Waals surface area contributed by atoms with Gasteiger partial charge in [-0.3, -0.25) is 9.59 Å². The topological polar surface area (TPSA) is 103 Å². The first-order chi connectivity index (χ1) is 11.8. The van der Waals surface area contributed by atoms with E-state index in [4.69, 9.17) is 17.3 Å². The number of benzene rings is 1. The summed E-state index contributed by atoms with van der Waals surface area (Å²) in [5.41, 5.74) is 6.77. The highest BCUT2D eigenvalue weighted by Crippen LogP contribution is 2.25. The van der Waals surface area contributed by atoms with Gasteiger partial charge in [0, 0.05) is 30.6 Å². The van der Waals surface area contributed by atoms with Crippen LogP contribution in [0.3, 0.4) is 0 Å². The van der Waals surface area contributed by atoms with Crippen molar-refractivity contribution in [2.24, 2.45) is 12.8 Å². The van der Waals surface area contributed by atoms with Crippen LogP contribution in [0.4, 0.5) is 5.69 Å². The molecule has 3 N–H and O–H groups in total. The fourth-order valence-electron chi connectivity index (χ4n) is 2.08. The number of anilines is 1. The molecule has 25 heavy (non-hydrogen) atoms. The number of nitrogens with two attached hydrogens (primary N) is 1. The molecule has 0 spiro atoms. The second-order valence-corrected chi connectivity index (χ2v) is 7.38. The summed E-state index contributed by atoms with van der Waals surface area (Å²) >= 11 is 7.26. The van der Waals surface area contributed by atoms with Crippen LogP contribution in [-0.4, -0.2) is 31.8 Å². The predicted molar refractivity (Wildman–Crippen MR) is 98.7 cm³/mol. The number of nitrogens with one attached hydrogen (secondary N) is 1. The molecule has 7 nitrogen and oxygen atoms in total. The lowest BCUT2D eigenvalue weighted by Gasteiger charge is -2.13. The Kier molecular flexibility index (Phi) is 6.44. The van der Waals surface area contributed by atoms with Crippen LogP contribution in [0.2, 0.25) is 5.02 Å². The zero-order valence-corrected chi connectivity index (χ0v) is 15.8. The van der Waals surface area contributed by atoms with Crippen LogP contribution in [0.15, 0.2) is 23.4 Å². The molecule has 1 atom stereocenters. The second-order valence-electron chi connectivity index (χ2n) is 5.63. The van der Waals surface area contributed by atoms with Crippen molar-refractivity contribution in [1.29, 1.82) is 0 Å². The fraction of sp³-hybridized carbons (Fsp3) is 0.375. The molecule has 1 aromatic carbocycles. The maximum Gasteiger partial charge on any atom is 0.237 e. The number of halogens is 1. The van der Waals surface area contributed by atoms with Crippen molar-refractivity contribution in [2.75, 3.05) is 5.32 Å². The maximum absolute atomic E-state index is 12.4. The number of nitrogens with zero attached hydrogens (tertiary/aromatic N) is 3. The van der Waals surface area contributed by atoms with Crippen molar-refractivity contribution in [2.45, 2.75) is 37.1 Å². The molecule has 0 aliphatic heterocycles. The number of amides is 2. The molecule has 0 saturated heterocycles. The average Bonchev–Trinajstić information content (AvgIpc) is 2.89. The van der Waals surface area contributed by atoms with Gasteiger partial charge < -0.3 is 15.6 Å². The molecule has 2 aromatic rings. The molecule has 1 heterocycles. The molecule has 2 rings (SSSR count). The Morgan fingerprint density at radius 2 is 2.12 bits per heavy atom. The Hall–Kier alpha value is -2.06. The number of aromatic nitrogens is 3. The highest BCUT2D eigenvalue weighted by atomic mass is 35.5. The lowest BCUT2D eigenvalue weighted by Crippen LogP contribution is -2.23. The minimum atomic E-state index is -0.387. The number of hydrogen-bond donors (Lipinski definition) is 2. The Bertz CT molecular complexity index is 793. The molecule has 9 heteroatoms. The van der Waals surface area contributed by atoms with E-state index in [1.54, 1.807) is 30.7 Å². The molecule has 2 amide bonds. The largest absolute Gasteiger partial charge is 0.370 e. The lowest BCUT2D eigenvalue weighted by atomic mass is 10.2. The summed E-state index contributed by atoms with van der Waals surface area (Å²) in [6, 6.07) is 5.35. The quantitative estimate of drug-likeness (QED) is 0.716. The SMILES string of the molecule is Cc1ccc(Cl)cc1NC(=O)[C@@H](C)Sc1nnc(CCC(N)=O)n1C. The standard InChI is InChI=1S/C16H20ClN5O2S/c1-9-4-5-11(17)8-12(9)19-15(24)10(2)25-16-21-20-14(22(16)3)7-6-13(18)23/h4-5,8,10H,6-7H2,1-3H3,(H2,18,23)(H,19,24)/t10-/m1/s1. The minimum absolute atomic E-state index is 0.156. The van der Waals surface area contributed by atoms with Gasteiger partial charge in [-0.25, -0.2) is 0 Å². The van der Waals surface area contributed by atoms with Crippen LogP contribution in [-0.2, 0) is 23.1 Å². The van der Waals surface area contributed by atoms with Gasteiger partial charge in [-0.2, -0.15) is 0 Å². The molecular formula is C16H20ClN5O2S. The van der Waals surface area contributed by atoms with E-state index in [0.29, 0.717) is 28.1 Å². The van der Waals surface area contributed by atoms with Gasteiger partial charge in [0.1, 0.15) is 5.82 Å². The maximum atomic E-state index is 12.4. The van der Waals surface area contributed by atoms with E-state index in [1.165, 1.54) is 11.8 Å². The predicted octanol–water partition coefficient (Wildman–Crippen LogP) is 2.31. The molecule has 0 bridgehead atoms. The van der Waals surface area contributed by atoms with E-state index >= 15 is 0 Å². The smallest absolute Gasteiger partial charge is 0.237 e. The van der Waals surface area contributed by atoms with Gasteiger partial charge in [0.05, 0.1) is 5.25 Å². The number of hydrogen-bond acceptors (Lipinski definition) is 5. The number of rotatable bonds is 7. The molecule has 0 radical (unpaired) electrons. The zero-order valence-electron chi connectivity index (χ0n) is 14.2. The normalized spacial score (nSPS) is 12.0. The van der Waals surface area contributed by atoms with E-state index < -0.39 is 0 Å². The van der Waals surface area contributed by atoms with Crippen LogP contribution >= 0.6 is 23.4 Å². The van der Waals surface area contributed by atoms with Gasteiger partial charge in [0.2, 0.25) is 11.8 Å². The van der Waals surface area contributed by atoms with E-state index in [2.05, 4.69) is 15.5 Å². The Morgan fingerprint density at radius 3 is 2.80 bits per heavy atom. The van der Waals surface area contributed by atoms with Gasteiger partial charge in [0.15, 0.2) is 5.16 Å². The first-order valence-corrected chi connectivity index (χ1v) is 8.94. The number of carbonyl (C=O) groups is 2. The monoisotopic (exact) mass is 381 g/mol. The molecule has 0 unspecified atom stereocenters. The van der Waals surface area contributed by atoms with Crippen LogP contribution in [0, 0.1) is 6.92 Å². The van der Waals surface area contributed by atoms with E-state index in [0.717, 1.165) is 5.56 Å². The fourth-order valence-corrected chi connectivity index (χ4v) is 3.08. The van der Waals surface area contributed by atoms with Crippen LogP contribution < -0.4 is 11.1 Å². The highest BCUT2D eigenvalue weighted by molar-refractivity contribution is 8.00. The Labute approximate surface area is 155 Å². The van der Waals surface area contributed by atoms with Gasteiger partial charge in [-0.05, 0) is 31.5 Å². The van der Waals surface area contributed by atoms with Crippen molar-refractivity contribution >= 4 is 40.9 Å². The Balaban J connectivity index is 2.01. The number of primary amides is 1. The van der Waals surface area contributed by atoms with Crippen LogP contribution in [0.5, 0.6) is 0 Å². The van der Waals surface area contributed by atoms with Gasteiger partial charge in [-0.1, -0.05) is 29.4 Å². The van der Waals surface area contributed by atoms with Crippen molar-refractivity contribution in [1.82, 2.24) is 14.8 Å². The highest BCUT2D eigenvalue weighted by Gasteiger charge is 2.19. The average molecular weight is 382 g/mol. The first kappa shape index (κ1) is 19.3. The minimum Gasteiger partial charge on any atom is -0.370 e. The molecule has 0 saturated carbocycles. The molecule has 1 aromatic heterocycles. The van der Waals surface area contributed by atoms with E-state index in [9.17, 15) is 9.59 Å². The zero-order chi connectivity index (χ0) is 18.6. The molecule has 0 aliphatic rings. The summed E-state index contributed by atoms with van der Waals surface area (Å²) in [5, 5.41) is 11.8. The van der Waals surface area contributed by atoms with Crippen LogP contribution in [0.1, 0.15) is 24.7 Å². The van der Waals surface area contributed by atoms with Crippen molar-refractivity contribution in [3.05, 3.63) is 34.6 Å². The molecule has 0 fully saturated rings. The number of aryl methyl sites for hydroxylation is 2. The molecule has 0 aliphatic carbocycles. The molecular weight excluding hydrogens is 362 g/mol. The lowest BCUT2D eigenvalue weighted by molar-refractivity contribution is -0.118. The second kappa shape index (κ2) is 8.35. The Morgan fingerprint density at radius 1 is 1.40 bits per heavy atom. The summed E-state index contributed by atoms with van der Waals surface area (Å²) in [5.74, 6) is 0.110. The summed E-state index contributed by atoms with van der Waals surface area (Å²) in [4.78, 5) is 23.3. The van der Waals surface area contributed by atoms with Gasteiger partial charge in [0.25, 0.3) is 0 Å². The summed E-state index contributed by atoms with van der Waals surface area (Å²) < 4.78 is 1.77. The van der Waals surface area contributed by atoms with Gasteiger partial charge in [-0.15, -0.1) is 10.2 Å². The van der Waals surface area contributed by atoms with Crippen molar-refractivity contribution in [3.63, 3.8) is 0 Å². The number of thioether (sulfide) groups is 1. The van der Waals surface area contributed by atoms with E-state index in [1.807, 2.05) is 13.0 Å². The summed E-state index contributed by atoms with van der Waals surface area (Å²) in [7, 11) is 1.80. The van der Waals surface area contributed by atoms with Crippen molar-refractivity contribution in [3.8, 4) is 0 Å². The first-order valence-electron chi connectivity index (χ1n) is 7.68. The third kappa shape index (κ3) is 5.20. The summed E-state index contributed by atoms with van der Waals surface area (Å²) in [6.45, 7) is 3.69. The van der Waals surface area contributed by atoms with Crippen molar-refractivity contribution < 1.29 is 9.59 Å². The summed E-state index contributed by atoms with van der Waals surface area (Å²) in [6.07, 6.45) is 0.627. The third-order valence-electron chi connectivity index (χ3n) is 3.63. The molecule has 134 valence electrons. The van der Waals surface area contributed by atoms with Crippen LogP contribution in [0.25, 0.3) is 0 Å². The third-order valence-corrected chi connectivity index (χ3v) is 5.00.